The highest BCUT2D eigenvalue weighted by Gasteiger charge is 2.10. The van der Waals surface area contributed by atoms with E-state index in [9.17, 15) is 8.78 Å². The van der Waals surface area contributed by atoms with Gasteiger partial charge in [-0.15, -0.1) is 0 Å². The fraction of sp³-hybridized carbons (Fsp3) is 0.200. The van der Waals surface area contributed by atoms with Crippen molar-refractivity contribution in [2.75, 3.05) is 10.6 Å². The van der Waals surface area contributed by atoms with Crippen LogP contribution in [0.5, 0.6) is 0 Å². The van der Waals surface area contributed by atoms with Gasteiger partial charge in [0.25, 0.3) is 0 Å². The molecule has 0 aliphatic rings. The van der Waals surface area contributed by atoms with Gasteiger partial charge in [-0.3, -0.25) is 0 Å². The zero-order valence-electron chi connectivity index (χ0n) is 14.6. The van der Waals surface area contributed by atoms with E-state index >= 15 is 0 Å². The zero-order chi connectivity index (χ0) is 18.5. The molecule has 0 saturated carbocycles. The number of nitrogens with zero attached hydrogens (tertiary/aromatic N) is 2. The first kappa shape index (κ1) is 17.8. The molecular weight excluding hydrogens is 334 g/mol. The van der Waals surface area contributed by atoms with E-state index in [1.54, 1.807) is 6.07 Å². The Labute approximate surface area is 151 Å². The largest absolute Gasteiger partial charge is 0.352 e. The summed E-state index contributed by atoms with van der Waals surface area (Å²) in [5.41, 5.74) is 2.09. The molecule has 0 radical (unpaired) electrons. The molecule has 1 heterocycles. The summed E-state index contributed by atoms with van der Waals surface area (Å²) in [7, 11) is 0. The summed E-state index contributed by atoms with van der Waals surface area (Å²) >= 11 is 0. The molecule has 0 aliphatic carbocycles. The minimum absolute atomic E-state index is 0.206. The predicted octanol–water partition coefficient (Wildman–Crippen LogP) is 5.38. The first-order valence-corrected chi connectivity index (χ1v) is 8.48. The number of nitrogens with one attached hydrogen (secondary N) is 2. The Bertz CT molecular complexity index is 884. The van der Waals surface area contributed by atoms with E-state index in [1.807, 2.05) is 37.3 Å². The Morgan fingerprint density at radius 2 is 1.73 bits per heavy atom. The van der Waals surface area contributed by atoms with Gasteiger partial charge in [0, 0.05) is 29.4 Å². The average Bonchev–Trinajstić information content (AvgIpc) is 2.65. The van der Waals surface area contributed by atoms with E-state index < -0.39 is 11.6 Å². The highest BCUT2D eigenvalue weighted by atomic mass is 19.2. The van der Waals surface area contributed by atoms with Crippen molar-refractivity contribution in [3.8, 4) is 11.3 Å². The fourth-order valence-electron chi connectivity index (χ4n) is 2.38. The standard InChI is InChI=1S/C20H20F2N4/c1-3-13(2)23-20-25-18(14-7-5-4-6-8-14)12-19(26-20)24-15-9-10-16(21)17(22)11-15/h4-13H,3H2,1-2H3,(H2,23,24,25,26)/t13-/m0/s1. The van der Waals surface area contributed by atoms with E-state index in [1.165, 1.54) is 6.07 Å². The van der Waals surface area contributed by atoms with Crippen molar-refractivity contribution in [2.45, 2.75) is 26.3 Å². The van der Waals surface area contributed by atoms with Crippen LogP contribution in [0, 0.1) is 11.6 Å². The number of rotatable bonds is 6. The van der Waals surface area contributed by atoms with Gasteiger partial charge in [-0.1, -0.05) is 37.3 Å². The first-order chi connectivity index (χ1) is 12.5. The van der Waals surface area contributed by atoms with E-state index in [-0.39, 0.29) is 6.04 Å². The van der Waals surface area contributed by atoms with Crippen LogP contribution in [0.15, 0.2) is 54.6 Å². The molecule has 134 valence electrons. The fourth-order valence-corrected chi connectivity index (χ4v) is 2.38. The Balaban J connectivity index is 1.97. The molecule has 6 heteroatoms. The van der Waals surface area contributed by atoms with Gasteiger partial charge < -0.3 is 10.6 Å². The lowest BCUT2D eigenvalue weighted by Crippen LogP contribution is -2.16. The number of halogens is 2. The van der Waals surface area contributed by atoms with E-state index in [2.05, 4.69) is 27.5 Å². The van der Waals surface area contributed by atoms with Gasteiger partial charge in [0.1, 0.15) is 5.82 Å². The van der Waals surface area contributed by atoms with Gasteiger partial charge in [0.05, 0.1) is 5.69 Å². The minimum Gasteiger partial charge on any atom is -0.352 e. The number of hydrogen-bond donors (Lipinski definition) is 2. The van der Waals surface area contributed by atoms with Crippen LogP contribution in [0.25, 0.3) is 11.3 Å². The van der Waals surface area contributed by atoms with Crippen LogP contribution in [0.4, 0.5) is 26.2 Å². The van der Waals surface area contributed by atoms with Crippen molar-refractivity contribution < 1.29 is 8.78 Å². The van der Waals surface area contributed by atoms with Crippen LogP contribution < -0.4 is 10.6 Å². The van der Waals surface area contributed by atoms with Crippen LogP contribution >= 0.6 is 0 Å². The maximum atomic E-state index is 13.5. The molecule has 1 aromatic heterocycles. The number of hydrogen-bond acceptors (Lipinski definition) is 4. The second kappa shape index (κ2) is 7.91. The molecule has 1 atom stereocenters. The quantitative estimate of drug-likeness (QED) is 0.624. The normalized spacial score (nSPS) is 11.8. The molecule has 2 aromatic carbocycles. The number of benzene rings is 2. The SMILES string of the molecule is CC[C@H](C)Nc1nc(Nc2ccc(F)c(F)c2)cc(-c2ccccc2)n1. The van der Waals surface area contributed by atoms with Crippen LogP contribution in [0.2, 0.25) is 0 Å². The molecule has 0 bridgehead atoms. The summed E-state index contributed by atoms with van der Waals surface area (Å²) in [6, 6.07) is 15.3. The molecule has 3 rings (SSSR count). The van der Waals surface area contributed by atoms with E-state index in [4.69, 9.17) is 0 Å². The molecule has 3 aromatic rings. The van der Waals surface area contributed by atoms with Crippen LogP contribution in [0.3, 0.4) is 0 Å². The minimum atomic E-state index is -0.912. The molecule has 26 heavy (non-hydrogen) atoms. The molecule has 0 unspecified atom stereocenters. The number of anilines is 3. The average molecular weight is 354 g/mol. The highest BCUT2D eigenvalue weighted by Crippen LogP contribution is 2.24. The smallest absolute Gasteiger partial charge is 0.225 e. The van der Waals surface area contributed by atoms with Crippen LogP contribution in [-0.4, -0.2) is 16.0 Å². The lowest BCUT2D eigenvalue weighted by molar-refractivity contribution is 0.509. The van der Waals surface area contributed by atoms with Crippen LogP contribution in [0.1, 0.15) is 20.3 Å². The molecular formula is C20H20F2N4. The zero-order valence-corrected chi connectivity index (χ0v) is 14.6. The van der Waals surface area contributed by atoms with Crippen LogP contribution in [-0.2, 0) is 0 Å². The van der Waals surface area contributed by atoms with Gasteiger partial charge in [0.2, 0.25) is 5.95 Å². The van der Waals surface area contributed by atoms with Gasteiger partial charge in [-0.2, -0.15) is 4.98 Å². The van der Waals surface area contributed by atoms with Gasteiger partial charge in [0.15, 0.2) is 11.6 Å². The molecule has 2 N–H and O–H groups in total. The maximum Gasteiger partial charge on any atom is 0.225 e. The van der Waals surface area contributed by atoms with Crippen molar-refractivity contribution in [3.63, 3.8) is 0 Å². The first-order valence-electron chi connectivity index (χ1n) is 8.48. The molecule has 0 saturated heterocycles. The van der Waals surface area contributed by atoms with Crippen molar-refractivity contribution in [2.24, 2.45) is 0 Å². The van der Waals surface area contributed by atoms with Gasteiger partial charge >= 0.3 is 0 Å². The summed E-state index contributed by atoms with van der Waals surface area (Å²) < 4.78 is 26.6. The number of aromatic nitrogens is 2. The molecule has 0 amide bonds. The van der Waals surface area contributed by atoms with E-state index in [0.29, 0.717) is 17.5 Å². The molecule has 4 nitrogen and oxygen atoms in total. The van der Waals surface area contributed by atoms with Gasteiger partial charge in [-0.25, -0.2) is 13.8 Å². The lowest BCUT2D eigenvalue weighted by atomic mass is 10.1. The summed E-state index contributed by atoms with van der Waals surface area (Å²) in [4.78, 5) is 9.01. The van der Waals surface area contributed by atoms with Gasteiger partial charge in [-0.05, 0) is 25.5 Å². The Morgan fingerprint density at radius 3 is 2.42 bits per heavy atom. The third kappa shape index (κ3) is 4.33. The monoisotopic (exact) mass is 354 g/mol. The summed E-state index contributed by atoms with van der Waals surface area (Å²) in [5.74, 6) is -0.825. The second-order valence-corrected chi connectivity index (χ2v) is 6.04. The maximum absolute atomic E-state index is 13.5. The third-order valence-electron chi connectivity index (χ3n) is 3.98. The molecule has 0 aliphatic heterocycles. The van der Waals surface area contributed by atoms with Crippen molar-refractivity contribution in [3.05, 3.63) is 66.2 Å². The molecule has 0 fully saturated rings. The Kier molecular flexibility index (Phi) is 5.41. The topological polar surface area (TPSA) is 49.8 Å². The Morgan fingerprint density at radius 1 is 0.962 bits per heavy atom. The second-order valence-electron chi connectivity index (χ2n) is 6.04. The predicted molar refractivity (Wildman–Crippen MR) is 100 cm³/mol. The molecule has 0 spiro atoms. The summed E-state index contributed by atoms with van der Waals surface area (Å²) in [6.07, 6.45) is 0.921. The Hall–Kier alpha value is -3.02. The summed E-state index contributed by atoms with van der Waals surface area (Å²) in [6.45, 7) is 4.11. The van der Waals surface area contributed by atoms with Crippen molar-refractivity contribution in [1.29, 1.82) is 0 Å². The van der Waals surface area contributed by atoms with Crippen molar-refractivity contribution in [1.82, 2.24) is 9.97 Å². The highest BCUT2D eigenvalue weighted by molar-refractivity contribution is 5.67. The summed E-state index contributed by atoms with van der Waals surface area (Å²) in [5, 5.41) is 6.27. The third-order valence-corrected chi connectivity index (χ3v) is 3.98. The lowest BCUT2D eigenvalue weighted by Gasteiger charge is -2.14. The van der Waals surface area contributed by atoms with Crippen molar-refractivity contribution >= 4 is 17.5 Å². The van der Waals surface area contributed by atoms with E-state index in [0.717, 1.165) is 29.8 Å².